The molecule has 1 amide bonds. The van der Waals surface area contributed by atoms with Crippen molar-refractivity contribution in [2.75, 3.05) is 0 Å². The Morgan fingerprint density at radius 3 is 2.00 bits per heavy atom. The molecule has 1 saturated heterocycles. The highest BCUT2D eigenvalue weighted by molar-refractivity contribution is 5.85. The molecule has 1 aliphatic rings. The van der Waals surface area contributed by atoms with Crippen LogP contribution < -0.4 is 11.1 Å². The molecular weight excluding hydrogens is 216 g/mol. The number of primary amides is 1. The number of halogens is 1. The summed E-state index contributed by atoms with van der Waals surface area (Å²) in [4.78, 5) is 10.7. The maximum atomic E-state index is 10.7. The van der Waals surface area contributed by atoms with Crippen molar-refractivity contribution in [2.24, 2.45) is 5.73 Å². The van der Waals surface area contributed by atoms with Crippen LogP contribution in [0.1, 0.15) is 40.5 Å². The number of nitrogens with two attached hydrogens (primary N) is 1. The second-order valence-electron chi connectivity index (χ2n) is 5.36. The molecule has 0 aliphatic carbocycles. The van der Waals surface area contributed by atoms with Crippen LogP contribution in [-0.4, -0.2) is 23.3 Å². The third-order valence-electron chi connectivity index (χ3n) is 2.44. The number of amides is 1. The number of hydrogen-bond acceptors (Lipinski definition) is 3. The molecular formula is C10H21ClN2O2. The van der Waals surface area contributed by atoms with Gasteiger partial charge in [0.2, 0.25) is 0 Å². The molecule has 0 spiro atoms. The van der Waals surface area contributed by atoms with Crippen LogP contribution in [-0.2, 0) is 4.74 Å². The summed E-state index contributed by atoms with van der Waals surface area (Å²) >= 11 is 0. The van der Waals surface area contributed by atoms with Crippen molar-refractivity contribution in [3.8, 4) is 0 Å². The minimum atomic E-state index is -0.677. The first-order valence-corrected chi connectivity index (χ1v) is 4.96. The van der Waals surface area contributed by atoms with Gasteiger partial charge in [0.15, 0.2) is 0 Å². The topological polar surface area (TPSA) is 64.3 Å². The number of nitrogens with one attached hydrogen (secondary N) is 1. The van der Waals surface area contributed by atoms with Crippen LogP contribution in [0, 0.1) is 0 Å². The summed E-state index contributed by atoms with van der Waals surface area (Å²) in [6, 6.07) is 0. The third-order valence-corrected chi connectivity index (χ3v) is 2.44. The highest BCUT2D eigenvalue weighted by Crippen LogP contribution is 2.30. The number of ether oxygens (including phenoxy) is 1. The number of piperidine rings is 1. The molecule has 1 aliphatic heterocycles. The predicted octanol–water partition coefficient (Wildman–Crippen LogP) is 1.81. The van der Waals surface area contributed by atoms with Crippen molar-refractivity contribution in [3.05, 3.63) is 0 Å². The van der Waals surface area contributed by atoms with Crippen molar-refractivity contribution in [1.29, 1.82) is 0 Å². The van der Waals surface area contributed by atoms with E-state index in [0.717, 1.165) is 12.8 Å². The van der Waals surface area contributed by atoms with Gasteiger partial charge in [0, 0.05) is 23.9 Å². The zero-order valence-electron chi connectivity index (χ0n) is 9.79. The lowest BCUT2D eigenvalue weighted by Gasteiger charge is -2.45. The Hall–Kier alpha value is -0.480. The number of rotatable bonds is 1. The first-order valence-electron chi connectivity index (χ1n) is 4.96. The summed E-state index contributed by atoms with van der Waals surface area (Å²) in [6.07, 6.45) is 0.862. The molecule has 3 N–H and O–H groups in total. The Balaban J connectivity index is 0.00000196. The van der Waals surface area contributed by atoms with Gasteiger partial charge in [0.05, 0.1) is 0 Å². The highest BCUT2D eigenvalue weighted by atomic mass is 35.5. The van der Waals surface area contributed by atoms with E-state index in [9.17, 15) is 4.79 Å². The molecule has 90 valence electrons. The Morgan fingerprint density at radius 1 is 1.27 bits per heavy atom. The molecule has 0 unspecified atom stereocenters. The average molecular weight is 237 g/mol. The summed E-state index contributed by atoms with van der Waals surface area (Å²) in [5.74, 6) is 0. The summed E-state index contributed by atoms with van der Waals surface area (Å²) in [5.41, 5.74) is 4.99. The molecule has 15 heavy (non-hydrogen) atoms. The second kappa shape index (κ2) is 4.58. The van der Waals surface area contributed by atoms with E-state index < -0.39 is 6.09 Å². The minimum Gasteiger partial charge on any atom is -0.446 e. The van der Waals surface area contributed by atoms with Crippen molar-refractivity contribution < 1.29 is 9.53 Å². The van der Waals surface area contributed by atoms with Crippen molar-refractivity contribution in [1.82, 2.24) is 5.32 Å². The zero-order chi connectivity index (χ0) is 11.0. The normalized spacial score (nSPS) is 24.0. The first-order chi connectivity index (χ1) is 6.20. The number of carbonyl (C=O) groups is 1. The average Bonchev–Trinajstić information content (AvgIpc) is 1.74. The van der Waals surface area contributed by atoms with Crippen molar-refractivity contribution in [2.45, 2.75) is 57.7 Å². The van der Waals surface area contributed by atoms with Gasteiger partial charge in [-0.3, -0.25) is 0 Å². The van der Waals surface area contributed by atoms with E-state index in [4.69, 9.17) is 10.5 Å². The van der Waals surface area contributed by atoms with Gasteiger partial charge in [-0.05, 0) is 27.7 Å². The number of carbonyl (C=O) groups excluding carboxylic acids is 1. The van der Waals surface area contributed by atoms with Crippen LogP contribution in [0.2, 0.25) is 0 Å². The standard InChI is InChI=1S/C10H20N2O2.ClH/c1-9(2)5-7(14-8(11)13)6-10(3,4)12-9;/h7,12H,5-6H2,1-4H3,(H2,11,13);1H. The monoisotopic (exact) mass is 236 g/mol. The Morgan fingerprint density at radius 2 is 1.67 bits per heavy atom. The van der Waals surface area contributed by atoms with Gasteiger partial charge in [-0.1, -0.05) is 0 Å². The van der Waals surface area contributed by atoms with Gasteiger partial charge in [0.1, 0.15) is 6.10 Å². The minimum absolute atomic E-state index is 0. The Labute approximate surface area is 97.3 Å². The molecule has 0 saturated carbocycles. The van der Waals surface area contributed by atoms with Gasteiger partial charge >= 0.3 is 6.09 Å². The van der Waals surface area contributed by atoms with Gasteiger partial charge in [-0.2, -0.15) is 0 Å². The number of hydrogen-bond donors (Lipinski definition) is 2. The SMILES string of the molecule is CC1(C)CC(OC(N)=O)CC(C)(C)N1.Cl. The lowest BCUT2D eigenvalue weighted by atomic mass is 9.81. The fourth-order valence-corrected chi connectivity index (χ4v) is 2.48. The van der Waals surface area contributed by atoms with E-state index in [1.54, 1.807) is 0 Å². The van der Waals surface area contributed by atoms with E-state index in [2.05, 4.69) is 33.0 Å². The molecule has 0 radical (unpaired) electrons. The molecule has 0 aromatic carbocycles. The van der Waals surface area contributed by atoms with E-state index in [0.29, 0.717) is 0 Å². The van der Waals surface area contributed by atoms with Gasteiger partial charge < -0.3 is 15.8 Å². The van der Waals surface area contributed by atoms with Crippen LogP contribution in [0.25, 0.3) is 0 Å². The molecule has 5 heteroatoms. The van der Waals surface area contributed by atoms with Crippen LogP contribution in [0.4, 0.5) is 4.79 Å². The summed E-state index contributed by atoms with van der Waals surface area (Å²) < 4.78 is 5.06. The van der Waals surface area contributed by atoms with Crippen LogP contribution in [0.15, 0.2) is 0 Å². The molecule has 0 aromatic heterocycles. The third kappa shape index (κ3) is 4.71. The van der Waals surface area contributed by atoms with E-state index in [1.807, 2.05) is 0 Å². The smallest absolute Gasteiger partial charge is 0.404 e. The van der Waals surface area contributed by atoms with Gasteiger partial charge in [-0.25, -0.2) is 4.79 Å². The maximum absolute atomic E-state index is 10.7. The molecule has 0 atom stereocenters. The predicted molar refractivity (Wildman–Crippen MR) is 62.2 cm³/mol. The summed E-state index contributed by atoms with van der Waals surface area (Å²) in [5, 5.41) is 3.50. The fraction of sp³-hybridized carbons (Fsp3) is 0.900. The Kier molecular flexibility index (Phi) is 4.43. The Bertz CT molecular complexity index is 226. The van der Waals surface area contributed by atoms with Crippen LogP contribution in [0.3, 0.4) is 0 Å². The van der Waals surface area contributed by atoms with Crippen molar-refractivity contribution >= 4 is 18.5 Å². The van der Waals surface area contributed by atoms with E-state index in [1.165, 1.54) is 0 Å². The van der Waals surface area contributed by atoms with E-state index >= 15 is 0 Å². The highest BCUT2D eigenvalue weighted by Gasteiger charge is 2.39. The van der Waals surface area contributed by atoms with E-state index in [-0.39, 0.29) is 29.6 Å². The lowest BCUT2D eigenvalue weighted by Crippen LogP contribution is -2.59. The van der Waals surface area contributed by atoms with Crippen LogP contribution in [0.5, 0.6) is 0 Å². The zero-order valence-corrected chi connectivity index (χ0v) is 10.6. The molecule has 1 rings (SSSR count). The molecule has 4 nitrogen and oxygen atoms in total. The van der Waals surface area contributed by atoms with Crippen molar-refractivity contribution in [3.63, 3.8) is 0 Å². The second-order valence-corrected chi connectivity index (χ2v) is 5.36. The fourth-order valence-electron chi connectivity index (χ4n) is 2.48. The molecule has 0 bridgehead atoms. The quantitative estimate of drug-likeness (QED) is 0.730. The van der Waals surface area contributed by atoms with Gasteiger partial charge in [0.25, 0.3) is 0 Å². The summed E-state index contributed by atoms with van der Waals surface area (Å²) in [7, 11) is 0. The summed E-state index contributed by atoms with van der Waals surface area (Å²) in [6.45, 7) is 8.41. The molecule has 1 heterocycles. The largest absolute Gasteiger partial charge is 0.446 e. The lowest BCUT2D eigenvalue weighted by molar-refractivity contribution is 0.0235. The maximum Gasteiger partial charge on any atom is 0.404 e. The molecule has 0 aromatic rings. The van der Waals surface area contributed by atoms with Crippen LogP contribution >= 0.6 is 12.4 Å². The molecule has 1 fully saturated rings. The van der Waals surface area contributed by atoms with Gasteiger partial charge in [-0.15, -0.1) is 12.4 Å². The first kappa shape index (κ1) is 14.5.